The van der Waals surface area contributed by atoms with Crippen molar-refractivity contribution in [3.63, 3.8) is 0 Å². The maximum atomic E-state index is 12.1. The smallest absolute Gasteiger partial charge is 0.330 e. The molecule has 2 aliphatic rings. The molecular weight excluding hydrogens is 796 g/mol. The first-order chi connectivity index (χ1) is 24.8. The fourth-order valence-electron chi connectivity index (χ4n) is 4.80. The lowest BCUT2D eigenvalue weighted by molar-refractivity contribution is -0.688. The van der Waals surface area contributed by atoms with Gasteiger partial charge in [-0.05, 0) is 17.5 Å². The number of imidazole rings is 2. The lowest BCUT2D eigenvalue weighted by atomic mass is 10.00. The quantitative estimate of drug-likeness (QED) is 0.0590. The van der Waals surface area contributed by atoms with Crippen LogP contribution in [0, 0.1) is 5.92 Å². The van der Waals surface area contributed by atoms with Crippen molar-refractivity contribution in [3.05, 3.63) is 128 Å². The van der Waals surface area contributed by atoms with Gasteiger partial charge in [-0.15, -0.1) is 17.9 Å². The van der Waals surface area contributed by atoms with Gasteiger partial charge < -0.3 is 43.8 Å². The van der Waals surface area contributed by atoms with Gasteiger partial charge in [-0.2, -0.15) is 0 Å². The van der Waals surface area contributed by atoms with Crippen LogP contribution in [0.5, 0.6) is 0 Å². The topological polar surface area (TPSA) is 95.3 Å². The van der Waals surface area contributed by atoms with Crippen LogP contribution < -0.4 is 33.9 Å². The van der Waals surface area contributed by atoms with Gasteiger partial charge in [-0.1, -0.05) is 110 Å². The number of benzene rings is 2. The van der Waals surface area contributed by atoms with Crippen LogP contribution in [0.2, 0.25) is 0 Å². The van der Waals surface area contributed by atoms with Gasteiger partial charge in [0.1, 0.15) is 69.3 Å². The third kappa shape index (κ3) is 23.0. The van der Waals surface area contributed by atoms with Gasteiger partial charge in [0, 0.05) is 12.5 Å². The van der Waals surface area contributed by atoms with Crippen LogP contribution >= 0.6 is 25.8 Å². The molecule has 0 N–H and O–H groups in total. The third-order valence-corrected chi connectivity index (χ3v) is 7.77. The van der Waals surface area contributed by atoms with Crippen molar-refractivity contribution in [2.45, 2.75) is 72.9 Å². The summed E-state index contributed by atoms with van der Waals surface area (Å²) in [4.78, 5) is 22.5. The first-order valence-corrected chi connectivity index (χ1v) is 21.6. The molecule has 0 amide bonds. The number of carbonyl (C=O) groups excluding carboxylic acids is 2. The summed E-state index contributed by atoms with van der Waals surface area (Å²) in [7, 11) is 6.06. The predicted molar refractivity (Wildman–Crippen MR) is 223 cm³/mol. The number of aromatic nitrogens is 4. The molecule has 0 radical (unpaired) electrons. The SMILES string of the molecule is C.C.C=CC(=O)OCC1CO1.C=Cn1cc[n+](Cc2ccccc2)c1.CCC(CC(C)C(=O)OCC1CO1)n1cc[n+](Cc2ccccc2)c1.PPP.[Cl-].[Cl-]. The molecule has 2 aromatic carbocycles. The average Bonchev–Trinajstić information content (AvgIpc) is 4.08. The number of nitrogens with zero attached hydrogens (tertiary/aromatic N) is 4. The van der Waals surface area contributed by atoms with E-state index in [4.69, 9.17) is 14.2 Å². The zero-order chi connectivity index (χ0) is 36.8. The number of rotatable bonds is 15. The van der Waals surface area contributed by atoms with Gasteiger partial charge in [0.2, 0.25) is 12.7 Å². The van der Waals surface area contributed by atoms with Gasteiger partial charge in [0.15, 0.2) is 0 Å². The molecule has 2 saturated heterocycles. The summed E-state index contributed by atoms with van der Waals surface area (Å²) >= 11 is 0. The first kappa shape index (κ1) is 54.2. The summed E-state index contributed by atoms with van der Waals surface area (Å²) in [6.07, 6.45) is 17.3. The molecule has 0 bridgehead atoms. The van der Waals surface area contributed by atoms with Crippen LogP contribution in [-0.2, 0) is 41.6 Å². The fourth-order valence-corrected chi connectivity index (χ4v) is 4.80. The summed E-state index contributed by atoms with van der Waals surface area (Å²) < 4.78 is 28.3. The molecule has 306 valence electrons. The molecule has 4 aromatic rings. The van der Waals surface area contributed by atoms with Crippen molar-refractivity contribution in [3.8, 4) is 0 Å². The Morgan fingerprint density at radius 2 is 1.35 bits per heavy atom. The Labute approximate surface area is 347 Å². The van der Waals surface area contributed by atoms with E-state index in [1.807, 2.05) is 42.3 Å². The molecule has 6 unspecified atom stereocenters. The Morgan fingerprint density at radius 3 is 1.78 bits per heavy atom. The number of halogens is 2. The zero-order valence-electron chi connectivity index (χ0n) is 30.4. The van der Waals surface area contributed by atoms with E-state index in [0.29, 0.717) is 26.4 Å². The second kappa shape index (κ2) is 31.2. The fraction of sp³-hybridized carbons (Fsp3) is 0.400. The summed E-state index contributed by atoms with van der Waals surface area (Å²) in [6.45, 7) is 15.0. The van der Waals surface area contributed by atoms with Gasteiger partial charge in [0.05, 0.1) is 25.3 Å². The van der Waals surface area contributed by atoms with Gasteiger partial charge in [-0.3, -0.25) is 4.79 Å². The first-order valence-electron chi connectivity index (χ1n) is 17.0. The molecule has 15 heteroatoms. The highest BCUT2D eigenvalue weighted by Crippen LogP contribution is 2.28. The second-order valence-electron chi connectivity index (χ2n) is 12.0. The number of hydrogen-bond donors (Lipinski definition) is 0. The molecule has 2 fully saturated rings. The lowest BCUT2D eigenvalue weighted by Crippen LogP contribution is -3.00. The van der Waals surface area contributed by atoms with Crippen molar-refractivity contribution in [1.29, 1.82) is 0 Å². The van der Waals surface area contributed by atoms with Gasteiger partial charge in [0.25, 0.3) is 0 Å². The van der Waals surface area contributed by atoms with E-state index in [0.717, 1.165) is 40.0 Å². The molecule has 55 heavy (non-hydrogen) atoms. The van der Waals surface area contributed by atoms with Crippen LogP contribution in [0.25, 0.3) is 6.20 Å². The number of epoxide rings is 2. The minimum absolute atomic E-state index is 0. The van der Waals surface area contributed by atoms with Crippen molar-refractivity contribution >= 4 is 44.0 Å². The van der Waals surface area contributed by atoms with E-state index in [-0.39, 0.29) is 75.8 Å². The molecule has 4 heterocycles. The molecule has 0 saturated carbocycles. The van der Waals surface area contributed by atoms with E-state index in [9.17, 15) is 9.59 Å². The molecule has 6 rings (SSSR count). The summed E-state index contributed by atoms with van der Waals surface area (Å²) in [5.41, 5.74) is 2.58. The monoisotopic (exact) mass is 856 g/mol. The Hall–Kier alpha value is -2.93. The molecular formula is C40H61Cl2N4O6P3. The van der Waals surface area contributed by atoms with Crippen LogP contribution in [0.4, 0.5) is 0 Å². The Bertz CT molecular complexity index is 1610. The third-order valence-electron chi connectivity index (χ3n) is 7.77. The molecule has 10 nitrogen and oxygen atoms in total. The van der Waals surface area contributed by atoms with E-state index < -0.39 is 0 Å². The van der Waals surface area contributed by atoms with Crippen LogP contribution in [0.1, 0.15) is 58.7 Å². The normalized spacial score (nSPS) is 15.1. The molecule has 2 aromatic heterocycles. The minimum Gasteiger partial charge on any atom is -1.00 e. The standard InChI is InChI=1S/C20H27N2O3.C12H13N2.C6H8O3.2CH4.2ClH.H5P3/c1-3-18(11-16(2)20(23)25-14-19-13-24-19)22-10-9-21(15-22)12-17-7-5-4-6-8-17;1-2-13-8-9-14(11-13)10-12-6-4-3-5-7-12;1-2-6(7)9-4-5-3-8-5;;;;;1-3-2/h4-10,15-16,18-19H,3,11-14H2,1-2H3;2-9,11H,1,10H2;2,5H,1,3-4H2;2*1H4;2*1H;3H,1-2H2/q2*+1;;;;;;/p-2. The summed E-state index contributed by atoms with van der Waals surface area (Å²) in [6, 6.07) is 21.1. The van der Waals surface area contributed by atoms with Crippen molar-refractivity contribution in [2.24, 2.45) is 5.92 Å². The Balaban J connectivity index is 0. The molecule has 0 aliphatic carbocycles. The molecule has 2 aliphatic heterocycles. The van der Waals surface area contributed by atoms with E-state index in [1.54, 1.807) is 6.20 Å². The minimum atomic E-state index is -0.384. The predicted octanol–water partition coefficient (Wildman–Crippen LogP) is 1.31. The maximum Gasteiger partial charge on any atom is 0.330 e. The maximum absolute atomic E-state index is 12.1. The largest absolute Gasteiger partial charge is 1.00 e. The zero-order valence-corrected chi connectivity index (χ0v) is 35.2. The highest BCUT2D eigenvalue weighted by molar-refractivity contribution is 8.33. The number of ether oxygens (including phenoxy) is 4. The van der Waals surface area contributed by atoms with E-state index in [1.165, 1.54) is 11.1 Å². The summed E-state index contributed by atoms with van der Waals surface area (Å²) in [5, 5.41) is 0. The van der Waals surface area contributed by atoms with Crippen molar-refractivity contribution < 1.29 is 62.5 Å². The summed E-state index contributed by atoms with van der Waals surface area (Å²) in [5.74, 6) is -0.627. The Kier molecular flexibility index (Phi) is 30.7. The number of esters is 2. The number of hydrogen-bond acceptors (Lipinski definition) is 6. The van der Waals surface area contributed by atoms with E-state index in [2.05, 4.69) is 124 Å². The lowest BCUT2D eigenvalue weighted by Gasteiger charge is -2.16. The van der Waals surface area contributed by atoms with Gasteiger partial charge >= 0.3 is 11.9 Å². The highest BCUT2D eigenvalue weighted by Gasteiger charge is 2.28. The average molecular weight is 858 g/mol. The van der Waals surface area contributed by atoms with Crippen LogP contribution in [0.15, 0.2) is 117 Å². The Morgan fingerprint density at radius 1 is 0.873 bits per heavy atom. The number of carbonyl (C=O) groups is 2. The van der Waals surface area contributed by atoms with Gasteiger partial charge in [-0.25, -0.2) is 23.1 Å². The van der Waals surface area contributed by atoms with Crippen molar-refractivity contribution in [1.82, 2.24) is 9.13 Å². The van der Waals surface area contributed by atoms with Crippen LogP contribution in [0.3, 0.4) is 0 Å². The second-order valence-corrected chi connectivity index (χ2v) is 16.3. The van der Waals surface area contributed by atoms with E-state index >= 15 is 0 Å². The van der Waals surface area contributed by atoms with Crippen LogP contribution in [-0.4, -0.2) is 59.7 Å². The molecule has 6 atom stereocenters. The van der Waals surface area contributed by atoms with Crippen molar-refractivity contribution in [2.75, 3.05) is 26.4 Å². The highest BCUT2D eigenvalue weighted by atomic mass is 35.5. The molecule has 0 spiro atoms.